The van der Waals surface area contributed by atoms with Crippen molar-refractivity contribution in [2.75, 3.05) is 12.4 Å². The van der Waals surface area contributed by atoms with Gasteiger partial charge in [-0.1, -0.05) is 0 Å². The molecule has 3 aromatic rings. The number of thiophene rings is 1. The third-order valence-corrected chi connectivity index (χ3v) is 6.54. The van der Waals surface area contributed by atoms with Gasteiger partial charge in [0, 0.05) is 10.6 Å². The van der Waals surface area contributed by atoms with E-state index in [-0.39, 0.29) is 16.7 Å². The first kappa shape index (κ1) is 19.4. The second-order valence-corrected chi connectivity index (χ2v) is 8.68. The standard InChI is InChI=1S/C19H21N3O3S2/c1-10-11(2)27-19-16(10)18(24)21-15(22-19)9-26-12(3)17(23)20-13-5-7-14(25-4)8-6-13/h5-8,12H,9H2,1-4H3,(H,20,23)(H,21,22,24)/t12-/m0/s1. The van der Waals surface area contributed by atoms with E-state index in [4.69, 9.17) is 4.74 Å². The first-order valence-corrected chi connectivity index (χ1v) is 10.3. The van der Waals surface area contributed by atoms with Gasteiger partial charge in [0.2, 0.25) is 5.91 Å². The molecule has 2 heterocycles. The minimum absolute atomic E-state index is 0.101. The number of aromatic amines is 1. The lowest BCUT2D eigenvalue weighted by atomic mass is 10.2. The molecule has 2 N–H and O–H groups in total. The maximum absolute atomic E-state index is 12.4. The summed E-state index contributed by atoms with van der Waals surface area (Å²) in [6, 6.07) is 7.18. The zero-order chi connectivity index (χ0) is 19.6. The monoisotopic (exact) mass is 403 g/mol. The molecule has 2 aromatic heterocycles. The number of rotatable bonds is 6. The number of anilines is 1. The fourth-order valence-electron chi connectivity index (χ4n) is 2.57. The molecule has 1 atom stereocenters. The number of H-pyrrole nitrogens is 1. The van der Waals surface area contributed by atoms with E-state index < -0.39 is 0 Å². The van der Waals surface area contributed by atoms with Crippen LogP contribution < -0.4 is 15.6 Å². The Morgan fingerprint density at radius 1 is 1.33 bits per heavy atom. The minimum atomic E-state index is -0.292. The molecule has 0 fully saturated rings. The molecule has 3 rings (SSSR count). The summed E-state index contributed by atoms with van der Waals surface area (Å²) < 4.78 is 5.11. The fraction of sp³-hybridized carbons (Fsp3) is 0.316. The summed E-state index contributed by atoms with van der Waals surface area (Å²) in [5.41, 5.74) is 1.58. The molecule has 0 saturated heterocycles. The van der Waals surface area contributed by atoms with Crippen LogP contribution >= 0.6 is 23.1 Å². The van der Waals surface area contributed by atoms with Gasteiger partial charge in [0.1, 0.15) is 16.4 Å². The number of thioether (sulfide) groups is 1. The number of ether oxygens (including phenoxy) is 1. The van der Waals surface area contributed by atoms with Crippen molar-refractivity contribution in [1.29, 1.82) is 0 Å². The number of benzene rings is 1. The highest BCUT2D eigenvalue weighted by Crippen LogP contribution is 2.26. The zero-order valence-electron chi connectivity index (χ0n) is 15.6. The first-order valence-electron chi connectivity index (χ1n) is 8.44. The lowest BCUT2D eigenvalue weighted by Gasteiger charge is -2.12. The highest BCUT2D eigenvalue weighted by molar-refractivity contribution is 7.99. The van der Waals surface area contributed by atoms with Crippen molar-refractivity contribution in [1.82, 2.24) is 9.97 Å². The molecule has 0 aliphatic heterocycles. The summed E-state index contributed by atoms with van der Waals surface area (Å²) in [4.78, 5) is 33.9. The number of carbonyl (C=O) groups is 1. The van der Waals surface area contributed by atoms with Crippen molar-refractivity contribution in [3.8, 4) is 5.75 Å². The molecule has 0 saturated carbocycles. The molecule has 1 aromatic carbocycles. The molecule has 1 amide bonds. The lowest BCUT2D eigenvalue weighted by Crippen LogP contribution is -2.23. The maximum atomic E-state index is 12.4. The second kappa shape index (κ2) is 8.14. The SMILES string of the molecule is COc1ccc(NC(=O)[C@H](C)SCc2nc3sc(C)c(C)c3c(=O)[nH]2)cc1. The van der Waals surface area contributed by atoms with Crippen LogP contribution in [0.1, 0.15) is 23.2 Å². The number of nitrogens with zero attached hydrogens (tertiary/aromatic N) is 1. The van der Waals surface area contributed by atoms with Crippen molar-refractivity contribution in [3.63, 3.8) is 0 Å². The fourth-order valence-corrected chi connectivity index (χ4v) is 4.37. The lowest BCUT2D eigenvalue weighted by molar-refractivity contribution is -0.115. The Morgan fingerprint density at radius 2 is 2.04 bits per heavy atom. The van der Waals surface area contributed by atoms with E-state index in [9.17, 15) is 9.59 Å². The first-order chi connectivity index (χ1) is 12.9. The van der Waals surface area contributed by atoms with E-state index in [1.165, 1.54) is 23.1 Å². The number of aryl methyl sites for hydroxylation is 2. The highest BCUT2D eigenvalue weighted by Gasteiger charge is 2.16. The van der Waals surface area contributed by atoms with Gasteiger partial charge in [0.25, 0.3) is 5.56 Å². The number of hydrogen-bond donors (Lipinski definition) is 2. The molecule has 0 bridgehead atoms. The number of methoxy groups -OCH3 is 1. The number of aromatic nitrogens is 2. The van der Waals surface area contributed by atoms with Crippen LogP contribution in [0.15, 0.2) is 29.1 Å². The molecule has 0 spiro atoms. The molecule has 27 heavy (non-hydrogen) atoms. The average molecular weight is 404 g/mol. The number of amides is 1. The van der Waals surface area contributed by atoms with Gasteiger partial charge >= 0.3 is 0 Å². The number of fused-ring (bicyclic) bond motifs is 1. The van der Waals surface area contributed by atoms with Crippen molar-refractivity contribution >= 4 is 44.9 Å². The predicted octanol–water partition coefficient (Wildman–Crippen LogP) is 3.87. The van der Waals surface area contributed by atoms with Gasteiger partial charge in [-0.2, -0.15) is 0 Å². The van der Waals surface area contributed by atoms with Crippen molar-refractivity contribution in [3.05, 3.63) is 50.9 Å². The van der Waals surface area contributed by atoms with Gasteiger partial charge in [-0.3, -0.25) is 9.59 Å². The van der Waals surface area contributed by atoms with Gasteiger partial charge in [-0.25, -0.2) is 4.98 Å². The molecule has 0 unspecified atom stereocenters. The summed E-state index contributed by atoms with van der Waals surface area (Å²) >= 11 is 2.95. The molecular weight excluding hydrogens is 382 g/mol. The Morgan fingerprint density at radius 3 is 2.70 bits per heavy atom. The van der Waals surface area contributed by atoms with Crippen molar-refractivity contribution in [2.45, 2.75) is 31.8 Å². The third-order valence-electron chi connectivity index (χ3n) is 4.28. The molecule has 142 valence electrons. The topological polar surface area (TPSA) is 84.1 Å². The Kier molecular flexibility index (Phi) is 5.86. The summed E-state index contributed by atoms with van der Waals surface area (Å²) in [5.74, 6) is 1.68. The van der Waals surface area contributed by atoms with E-state index in [0.29, 0.717) is 22.7 Å². The van der Waals surface area contributed by atoms with Crippen LogP contribution in [0, 0.1) is 13.8 Å². The highest BCUT2D eigenvalue weighted by atomic mass is 32.2. The van der Waals surface area contributed by atoms with Gasteiger partial charge < -0.3 is 15.0 Å². The van der Waals surface area contributed by atoms with Gasteiger partial charge in [-0.15, -0.1) is 23.1 Å². The van der Waals surface area contributed by atoms with Gasteiger partial charge in [-0.05, 0) is 50.6 Å². The Labute approximate surface area is 165 Å². The summed E-state index contributed by atoms with van der Waals surface area (Å²) in [7, 11) is 1.60. The molecule has 6 nitrogen and oxygen atoms in total. The van der Waals surface area contributed by atoms with Gasteiger partial charge in [0.15, 0.2) is 0 Å². The van der Waals surface area contributed by atoms with E-state index in [1.807, 2.05) is 20.8 Å². The van der Waals surface area contributed by atoms with Crippen LogP contribution in [-0.2, 0) is 10.5 Å². The number of nitrogens with one attached hydrogen (secondary N) is 2. The van der Waals surface area contributed by atoms with Gasteiger partial charge in [0.05, 0.1) is 23.5 Å². The van der Waals surface area contributed by atoms with Crippen molar-refractivity contribution < 1.29 is 9.53 Å². The van der Waals surface area contributed by atoms with Crippen LogP contribution in [0.3, 0.4) is 0 Å². The van der Waals surface area contributed by atoms with Crippen molar-refractivity contribution in [2.24, 2.45) is 0 Å². The third kappa shape index (κ3) is 4.33. The predicted molar refractivity (Wildman–Crippen MR) is 112 cm³/mol. The minimum Gasteiger partial charge on any atom is -0.497 e. The number of carbonyl (C=O) groups excluding carboxylic acids is 1. The molecule has 0 radical (unpaired) electrons. The molecule has 0 aliphatic rings. The van der Waals surface area contributed by atoms with E-state index in [1.54, 1.807) is 31.4 Å². The molecule has 8 heteroatoms. The van der Waals surface area contributed by atoms with Crippen LogP contribution in [0.4, 0.5) is 5.69 Å². The largest absolute Gasteiger partial charge is 0.497 e. The van der Waals surface area contributed by atoms with E-state index in [2.05, 4.69) is 15.3 Å². The van der Waals surface area contributed by atoms with E-state index in [0.717, 1.165) is 21.0 Å². The second-order valence-electron chi connectivity index (χ2n) is 6.15. The zero-order valence-corrected chi connectivity index (χ0v) is 17.2. The summed E-state index contributed by atoms with van der Waals surface area (Å²) in [6.45, 7) is 5.76. The normalized spacial score (nSPS) is 12.1. The average Bonchev–Trinajstić information content (AvgIpc) is 2.94. The quantitative estimate of drug-likeness (QED) is 0.653. The smallest absolute Gasteiger partial charge is 0.259 e. The summed E-state index contributed by atoms with van der Waals surface area (Å²) in [6.07, 6.45) is 0. The van der Waals surface area contributed by atoms with Crippen LogP contribution in [-0.4, -0.2) is 28.2 Å². The summed E-state index contributed by atoms with van der Waals surface area (Å²) in [5, 5.41) is 3.25. The van der Waals surface area contributed by atoms with Crippen LogP contribution in [0.25, 0.3) is 10.2 Å². The Balaban J connectivity index is 1.64. The van der Waals surface area contributed by atoms with Crippen LogP contribution in [0.5, 0.6) is 5.75 Å². The Hall–Kier alpha value is -2.32. The molecule has 0 aliphatic carbocycles. The molecular formula is C19H21N3O3S2. The Bertz CT molecular complexity index is 1030. The van der Waals surface area contributed by atoms with E-state index >= 15 is 0 Å². The maximum Gasteiger partial charge on any atom is 0.259 e. The van der Waals surface area contributed by atoms with Crippen LogP contribution in [0.2, 0.25) is 0 Å². The number of hydrogen-bond acceptors (Lipinski definition) is 6.